The summed E-state index contributed by atoms with van der Waals surface area (Å²) in [5.41, 5.74) is 6.62. The van der Waals surface area contributed by atoms with E-state index in [1.54, 1.807) is 34.1 Å². The molecule has 158 valence electrons. The monoisotopic (exact) mass is 420 g/mol. The van der Waals surface area contributed by atoms with Gasteiger partial charge in [-0.3, -0.25) is 15.0 Å². The number of nitrogen functional groups attached to an aromatic ring is 1. The molecule has 2 amide bonds. The SMILES string of the molecule is N=C(N)c1ccc(C(=O)N2CCN(C(=O)c3ccc(OC(F)(F)F)cc3)CC2)cc1. The van der Waals surface area contributed by atoms with Gasteiger partial charge in [0.05, 0.1) is 0 Å². The van der Waals surface area contributed by atoms with Crippen LogP contribution in [0.1, 0.15) is 26.3 Å². The van der Waals surface area contributed by atoms with Gasteiger partial charge in [-0.2, -0.15) is 0 Å². The highest BCUT2D eigenvalue weighted by molar-refractivity contribution is 5.98. The van der Waals surface area contributed by atoms with Crippen LogP contribution < -0.4 is 10.5 Å². The van der Waals surface area contributed by atoms with E-state index in [0.29, 0.717) is 37.3 Å². The fourth-order valence-corrected chi connectivity index (χ4v) is 3.07. The van der Waals surface area contributed by atoms with Crippen LogP contribution in [-0.4, -0.2) is 60.0 Å². The zero-order chi connectivity index (χ0) is 21.9. The van der Waals surface area contributed by atoms with Crippen molar-refractivity contribution in [2.24, 2.45) is 5.73 Å². The van der Waals surface area contributed by atoms with Crippen LogP contribution in [0.3, 0.4) is 0 Å². The number of rotatable bonds is 4. The van der Waals surface area contributed by atoms with Gasteiger partial charge in [0, 0.05) is 42.9 Å². The van der Waals surface area contributed by atoms with Crippen LogP contribution in [0.5, 0.6) is 5.75 Å². The van der Waals surface area contributed by atoms with Gasteiger partial charge in [0.15, 0.2) is 0 Å². The van der Waals surface area contributed by atoms with E-state index in [4.69, 9.17) is 11.1 Å². The number of amidine groups is 1. The number of nitrogens with zero attached hydrogens (tertiary/aromatic N) is 2. The largest absolute Gasteiger partial charge is 0.573 e. The van der Waals surface area contributed by atoms with Gasteiger partial charge in [-0.05, 0) is 36.4 Å². The Kier molecular flexibility index (Phi) is 5.95. The Morgan fingerprint density at radius 1 is 0.800 bits per heavy atom. The van der Waals surface area contributed by atoms with Crippen molar-refractivity contribution in [1.29, 1.82) is 5.41 Å². The van der Waals surface area contributed by atoms with Gasteiger partial charge in [0.1, 0.15) is 11.6 Å². The summed E-state index contributed by atoms with van der Waals surface area (Å²) in [4.78, 5) is 28.3. The Hall–Kier alpha value is -3.56. The van der Waals surface area contributed by atoms with Crippen molar-refractivity contribution in [3.8, 4) is 5.75 Å². The molecule has 1 heterocycles. The number of piperazine rings is 1. The van der Waals surface area contributed by atoms with E-state index in [1.165, 1.54) is 12.1 Å². The highest BCUT2D eigenvalue weighted by atomic mass is 19.4. The highest BCUT2D eigenvalue weighted by Crippen LogP contribution is 2.23. The second kappa shape index (κ2) is 8.44. The number of carbonyl (C=O) groups excluding carboxylic acids is 2. The van der Waals surface area contributed by atoms with E-state index >= 15 is 0 Å². The first kappa shape index (κ1) is 21.2. The molecule has 0 radical (unpaired) electrons. The molecule has 0 unspecified atom stereocenters. The van der Waals surface area contributed by atoms with Crippen LogP contribution >= 0.6 is 0 Å². The molecule has 1 aliphatic heterocycles. The number of benzene rings is 2. The second-order valence-corrected chi connectivity index (χ2v) is 6.65. The van der Waals surface area contributed by atoms with Crippen molar-refractivity contribution in [1.82, 2.24) is 9.80 Å². The Morgan fingerprint density at radius 3 is 1.53 bits per heavy atom. The number of nitrogens with one attached hydrogen (secondary N) is 1. The van der Waals surface area contributed by atoms with Crippen LogP contribution in [-0.2, 0) is 0 Å². The number of nitrogens with two attached hydrogens (primary N) is 1. The first-order valence-corrected chi connectivity index (χ1v) is 9.03. The van der Waals surface area contributed by atoms with Gasteiger partial charge in [-0.15, -0.1) is 13.2 Å². The van der Waals surface area contributed by atoms with E-state index in [1.807, 2.05) is 0 Å². The fourth-order valence-electron chi connectivity index (χ4n) is 3.07. The van der Waals surface area contributed by atoms with Crippen molar-refractivity contribution < 1.29 is 27.5 Å². The predicted molar refractivity (Wildman–Crippen MR) is 102 cm³/mol. The molecule has 2 aromatic rings. The molecule has 1 aliphatic rings. The Balaban J connectivity index is 1.57. The zero-order valence-electron chi connectivity index (χ0n) is 15.8. The smallest absolute Gasteiger partial charge is 0.406 e. The molecular formula is C20H19F3N4O3. The summed E-state index contributed by atoms with van der Waals surface area (Å²) in [5.74, 6) is -0.998. The maximum atomic E-state index is 12.6. The molecule has 1 fully saturated rings. The first-order valence-electron chi connectivity index (χ1n) is 9.03. The summed E-state index contributed by atoms with van der Waals surface area (Å²) in [7, 11) is 0. The van der Waals surface area contributed by atoms with Crippen molar-refractivity contribution in [3.63, 3.8) is 0 Å². The van der Waals surface area contributed by atoms with Gasteiger partial charge in [0.2, 0.25) is 0 Å². The molecule has 0 spiro atoms. The van der Waals surface area contributed by atoms with Crippen molar-refractivity contribution in [3.05, 3.63) is 65.2 Å². The van der Waals surface area contributed by atoms with Crippen molar-refractivity contribution in [2.45, 2.75) is 6.36 Å². The molecule has 0 bridgehead atoms. The molecule has 0 atom stereocenters. The number of hydrogen-bond donors (Lipinski definition) is 2. The maximum absolute atomic E-state index is 12.6. The molecule has 7 nitrogen and oxygen atoms in total. The summed E-state index contributed by atoms with van der Waals surface area (Å²) >= 11 is 0. The van der Waals surface area contributed by atoms with E-state index in [2.05, 4.69) is 4.74 Å². The van der Waals surface area contributed by atoms with Crippen molar-refractivity contribution in [2.75, 3.05) is 26.2 Å². The molecule has 2 aromatic carbocycles. The molecule has 1 saturated heterocycles. The fraction of sp³-hybridized carbons (Fsp3) is 0.250. The van der Waals surface area contributed by atoms with Gasteiger partial charge in [-0.25, -0.2) is 0 Å². The Morgan fingerprint density at radius 2 is 1.17 bits per heavy atom. The van der Waals surface area contributed by atoms with E-state index in [9.17, 15) is 22.8 Å². The molecular weight excluding hydrogens is 401 g/mol. The minimum Gasteiger partial charge on any atom is -0.406 e. The minimum atomic E-state index is -4.79. The third kappa shape index (κ3) is 5.07. The second-order valence-electron chi connectivity index (χ2n) is 6.65. The summed E-state index contributed by atoms with van der Waals surface area (Å²) in [5, 5.41) is 7.38. The average Bonchev–Trinajstić information content (AvgIpc) is 2.72. The van der Waals surface area contributed by atoms with Crippen LogP contribution in [0, 0.1) is 5.41 Å². The summed E-state index contributed by atoms with van der Waals surface area (Å²) < 4.78 is 40.5. The molecule has 10 heteroatoms. The van der Waals surface area contributed by atoms with Gasteiger partial charge >= 0.3 is 6.36 Å². The number of hydrogen-bond acceptors (Lipinski definition) is 4. The van der Waals surface area contributed by atoms with Crippen LogP contribution in [0.25, 0.3) is 0 Å². The van der Waals surface area contributed by atoms with Crippen molar-refractivity contribution >= 4 is 17.6 Å². The predicted octanol–water partition coefficient (Wildman–Crippen LogP) is 2.47. The topological polar surface area (TPSA) is 99.7 Å². The quantitative estimate of drug-likeness (QED) is 0.586. The number of alkyl halides is 3. The lowest BCUT2D eigenvalue weighted by Crippen LogP contribution is -2.50. The lowest BCUT2D eigenvalue weighted by atomic mass is 10.1. The number of halogens is 3. The molecule has 3 N–H and O–H groups in total. The molecule has 30 heavy (non-hydrogen) atoms. The van der Waals surface area contributed by atoms with Gasteiger partial charge in [0.25, 0.3) is 11.8 Å². The molecule has 0 aromatic heterocycles. The minimum absolute atomic E-state index is 0.0841. The lowest BCUT2D eigenvalue weighted by molar-refractivity contribution is -0.274. The third-order valence-corrected chi connectivity index (χ3v) is 4.63. The standard InChI is InChI=1S/C20H19F3N4O3/c21-20(22,23)30-16-7-5-15(6-8-16)19(29)27-11-9-26(10-12-27)18(28)14-3-1-13(2-4-14)17(24)25/h1-8H,9-12H2,(H3,24,25). The summed E-state index contributed by atoms with van der Waals surface area (Å²) in [6.07, 6.45) is -4.79. The molecule has 0 saturated carbocycles. The van der Waals surface area contributed by atoms with Crippen LogP contribution in [0.2, 0.25) is 0 Å². The number of ether oxygens (including phenoxy) is 1. The number of carbonyl (C=O) groups is 2. The van der Waals surface area contributed by atoms with Crippen LogP contribution in [0.15, 0.2) is 48.5 Å². The zero-order valence-corrected chi connectivity index (χ0v) is 15.8. The first-order chi connectivity index (χ1) is 14.1. The molecule has 0 aliphatic carbocycles. The lowest BCUT2D eigenvalue weighted by Gasteiger charge is -2.35. The van der Waals surface area contributed by atoms with E-state index < -0.39 is 12.1 Å². The van der Waals surface area contributed by atoms with Crippen LogP contribution in [0.4, 0.5) is 13.2 Å². The normalized spacial score (nSPS) is 14.4. The van der Waals surface area contributed by atoms with Gasteiger partial charge in [-0.1, -0.05) is 12.1 Å². The number of amides is 2. The molecule has 3 rings (SSSR count). The van der Waals surface area contributed by atoms with E-state index in [0.717, 1.165) is 12.1 Å². The van der Waals surface area contributed by atoms with E-state index in [-0.39, 0.29) is 23.2 Å². The third-order valence-electron chi connectivity index (χ3n) is 4.63. The summed E-state index contributed by atoms with van der Waals surface area (Å²) in [6, 6.07) is 11.1. The Labute approximate surface area is 170 Å². The average molecular weight is 420 g/mol. The highest BCUT2D eigenvalue weighted by Gasteiger charge is 2.31. The Bertz CT molecular complexity index is 935. The summed E-state index contributed by atoms with van der Waals surface area (Å²) in [6.45, 7) is 1.26. The van der Waals surface area contributed by atoms with Gasteiger partial charge < -0.3 is 20.3 Å². The maximum Gasteiger partial charge on any atom is 0.573 e.